The first kappa shape index (κ1) is 21.5. The SMILES string of the molecule is CC(C)(C)[C@H]1C[C@@H](C(F)(F)F)n2nc([C@@H]3CCN(C(=O)C4CCCCC4)C3)cc2N1. The standard InChI is InChI=1S/C22H33F3N4O/c1-21(2,3)17-12-18(22(23,24)25)29-19(26-17)11-16(27-29)15-9-10-28(13-15)20(30)14-7-5-4-6-8-14/h11,14-15,17-18,26H,4-10,12-13H2,1-3H3/t15-,17-,18+/m1/s1. The zero-order valence-electron chi connectivity index (χ0n) is 18.1. The van der Waals surface area contributed by atoms with Crippen LogP contribution in [0.3, 0.4) is 0 Å². The van der Waals surface area contributed by atoms with Crippen LogP contribution in [0.1, 0.15) is 83.4 Å². The van der Waals surface area contributed by atoms with E-state index in [1.54, 1.807) is 6.07 Å². The molecular formula is C22H33F3N4O. The molecule has 2 fully saturated rings. The fourth-order valence-corrected chi connectivity index (χ4v) is 5.17. The van der Waals surface area contributed by atoms with Gasteiger partial charge in [0.2, 0.25) is 5.91 Å². The summed E-state index contributed by atoms with van der Waals surface area (Å²) in [7, 11) is 0. The third-order valence-electron chi connectivity index (χ3n) is 7.13. The molecule has 3 atom stereocenters. The van der Waals surface area contributed by atoms with Crippen LogP contribution in [0.5, 0.6) is 0 Å². The minimum Gasteiger partial charge on any atom is -0.367 e. The minimum absolute atomic E-state index is 0.000545. The molecular weight excluding hydrogens is 393 g/mol. The highest BCUT2D eigenvalue weighted by atomic mass is 19.4. The van der Waals surface area contributed by atoms with Gasteiger partial charge in [0.15, 0.2) is 6.04 Å². The number of fused-ring (bicyclic) bond motifs is 1. The van der Waals surface area contributed by atoms with Gasteiger partial charge in [0.1, 0.15) is 5.82 Å². The van der Waals surface area contributed by atoms with E-state index >= 15 is 0 Å². The quantitative estimate of drug-likeness (QED) is 0.715. The van der Waals surface area contributed by atoms with Gasteiger partial charge in [-0.25, -0.2) is 4.68 Å². The van der Waals surface area contributed by atoms with Crippen LogP contribution < -0.4 is 5.32 Å². The fraction of sp³-hybridized carbons (Fsp3) is 0.818. The van der Waals surface area contributed by atoms with E-state index in [9.17, 15) is 18.0 Å². The minimum atomic E-state index is -4.34. The Morgan fingerprint density at radius 1 is 1.13 bits per heavy atom. The number of aromatic nitrogens is 2. The van der Waals surface area contributed by atoms with Crippen LogP contribution in [0.4, 0.5) is 19.0 Å². The van der Waals surface area contributed by atoms with Gasteiger partial charge in [-0.05, 0) is 31.1 Å². The Labute approximate surface area is 176 Å². The Morgan fingerprint density at radius 3 is 2.47 bits per heavy atom. The van der Waals surface area contributed by atoms with Crippen molar-refractivity contribution in [3.63, 3.8) is 0 Å². The first-order valence-electron chi connectivity index (χ1n) is 11.3. The van der Waals surface area contributed by atoms with Crippen LogP contribution in [0, 0.1) is 11.3 Å². The van der Waals surface area contributed by atoms with Gasteiger partial charge in [-0.1, -0.05) is 40.0 Å². The molecule has 0 bridgehead atoms. The smallest absolute Gasteiger partial charge is 0.367 e. The molecule has 8 heteroatoms. The van der Waals surface area contributed by atoms with Crippen molar-refractivity contribution < 1.29 is 18.0 Å². The van der Waals surface area contributed by atoms with Crippen molar-refractivity contribution in [3.8, 4) is 0 Å². The Bertz CT molecular complexity index is 776. The largest absolute Gasteiger partial charge is 0.410 e. The lowest BCUT2D eigenvalue weighted by atomic mass is 9.82. The number of nitrogens with one attached hydrogen (secondary N) is 1. The first-order chi connectivity index (χ1) is 14.0. The second kappa shape index (κ2) is 7.75. The van der Waals surface area contributed by atoms with Gasteiger partial charge in [0, 0.05) is 37.0 Å². The third kappa shape index (κ3) is 4.19. The Hall–Kier alpha value is -1.73. The molecule has 1 saturated heterocycles. The van der Waals surface area contributed by atoms with Gasteiger partial charge in [-0.15, -0.1) is 0 Å². The molecule has 0 radical (unpaired) electrons. The van der Waals surface area contributed by atoms with Gasteiger partial charge >= 0.3 is 6.18 Å². The molecule has 4 rings (SSSR count). The number of hydrogen-bond acceptors (Lipinski definition) is 3. The lowest BCUT2D eigenvalue weighted by molar-refractivity contribution is -0.175. The Morgan fingerprint density at radius 2 is 1.83 bits per heavy atom. The maximum absolute atomic E-state index is 13.8. The van der Waals surface area contributed by atoms with Crippen molar-refractivity contribution in [3.05, 3.63) is 11.8 Å². The molecule has 0 unspecified atom stereocenters. The van der Waals surface area contributed by atoms with Gasteiger partial charge < -0.3 is 10.2 Å². The average Bonchev–Trinajstić information content (AvgIpc) is 3.32. The number of anilines is 1. The Balaban J connectivity index is 1.52. The number of nitrogens with zero attached hydrogens (tertiary/aromatic N) is 3. The normalized spacial score (nSPS) is 28.3. The summed E-state index contributed by atoms with van der Waals surface area (Å²) < 4.78 is 42.5. The van der Waals surface area contributed by atoms with Crippen LogP contribution in [0.2, 0.25) is 0 Å². The van der Waals surface area contributed by atoms with Crippen LogP contribution in [-0.2, 0) is 4.79 Å². The molecule has 5 nitrogen and oxygen atoms in total. The van der Waals surface area contributed by atoms with E-state index in [4.69, 9.17) is 0 Å². The summed E-state index contributed by atoms with van der Waals surface area (Å²) in [6, 6.07) is -0.127. The molecule has 1 aromatic rings. The van der Waals surface area contributed by atoms with Crippen molar-refractivity contribution in [2.45, 2.75) is 89.9 Å². The summed E-state index contributed by atoms with van der Waals surface area (Å²) in [4.78, 5) is 14.8. The van der Waals surface area contributed by atoms with E-state index in [1.807, 2.05) is 25.7 Å². The molecule has 1 aliphatic carbocycles. The lowest BCUT2D eigenvalue weighted by Gasteiger charge is -2.39. The summed E-state index contributed by atoms with van der Waals surface area (Å²) in [6.07, 6.45) is 1.74. The second-order valence-electron chi connectivity index (χ2n) is 10.4. The average molecular weight is 427 g/mol. The number of carbonyl (C=O) groups excluding carboxylic acids is 1. The third-order valence-corrected chi connectivity index (χ3v) is 7.13. The van der Waals surface area contributed by atoms with Gasteiger partial charge in [0.05, 0.1) is 5.69 Å². The molecule has 3 heterocycles. The molecule has 1 amide bonds. The van der Waals surface area contributed by atoms with Crippen LogP contribution in [0.25, 0.3) is 0 Å². The lowest BCUT2D eigenvalue weighted by Crippen LogP contribution is -2.44. The first-order valence-corrected chi connectivity index (χ1v) is 11.3. The maximum Gasteiger partial charge on any atom is 0.410 e. The Kier molecular flexibility index (Phi) is 5.56. The van der Waals surface area contributed by atoms with Crippen molar-refractivity contribution in [1.82, 2.24) is 14.7 Å². The van der Waals surface area contributed by atoms with Crippen LogP contribution >= 0.6 is 0 Å². The van der Waals surface area contributed by atoms with Crippen molar-refractivity contribution in [2.24, 2.45) is 11.3 Å². The van der Waals surface area contributed by atoms with Gasteiger partial charge in [-0.2, -0.15) is 18.3 Å². The molecule has 1 N–H and O–H groups in total. The van der Waals surface area contributed by atoms with E-state index < -0.39 is 12.2 Å². The zero-order chi connectivity index (χ0) is 21.7. The van der Waals surface area contributed by atoms with Crippen LogP contribution in [-0.4, -0.2) is 45.9 Å². The van der Waals surface area contributed by atoms with E-state index in [0.717, 1.165) is 36.8 Å². The number of hydrogen-bond donors (Lipinski definition) is 1. The highest BCUT2D eigenvalue weighted by Gasteiger charge is 2.48. The molecule has 30 heavy (non-hydrogen) atoms. The highest BCUT2D eigenvalue weighted by molar-refractivity contribution is 5.79. The summed E-state index contributed by atoms with van der Waals surface area (Å²) in [5.41, 5.74) is 0.371. The van der Waals surface area contributed by atoms with Crippen LogP contribution in [0.15, 0.2) is 6.07 Å². The molecule has 1 saturated carbocycles. The van der Waals surface area contributed by atoms with E-state index in [1.165, 1.54) is 6.42 Å². The van der Waals surface area contributed by atoms with E-state index in [0.29, 0.717) is 24.6 Å². The monoisotopic (exact) mass is 426 g/mol. The zero-order valence-corrected chi connectivity index (χ0v) is 18.1. The number of alkyl halides is 3. The molecule has 2 aliphatic heterocycles. The van der Waals surface area contributed by atoms with E-state index in [-0.39, 0.29) is 35.6 Å². The number of carbonyl (C=O) groups is 1. The number of amides is 1. The van der Waals surface area contributed by atoms with Gasteiger partial charge in [-0.3, -0.25) is 4.79 Å². The number of rotatable bonds is 2. The van der Waals surface area contributed by atoms with Crippen molar-refractivity contribution >= 4 is 11.7 Å². The molecule has 168 valence electrons. The molecule has 0 spiro atoms. The molecule has 1 aromatic heterocycles. The topological polar surface area (TPSA) is 50.2 Å². The summed E-state index contributed by atoms with van der Waals surface area (Å²) >= 11 is 0. The molecule has 0 aromatic carbocycles. The summed E-state index contributed by atoms with van der Waals surface area (Å²) in [6.45, 7) is 7.10. The van der Waals surface area contributed by atoms with E-state index in [2.05, 4.69) is 10.4 Å². The predicted molar refractivity (Wildman–Crippen MR) is 109 cm³/mol. The molecule has 3 aliphatic rings. The van der Waals surface area contributed by atoms with Crippen molar-refractivity contribution in [1.29, 1.82) is 0 Å². The predicted octanol–water partition coefficient (Wildman–Crippen LogP) is 5.11. The van der Waals surface area contributed by atoms with Gasteiger partial charge in [0.25, 0.3) is 0 Å². The second-order valence-corrected chi connectivity index (χ2v) is 10.4. The number of likely N-dealkylation sites (tertiary alicyclic amines) is 1. The summed E-state index contributed by atoms with van der Waals surface area (Å²) in [5, 5.41) is 7.69. The number of halogens is 3. The highest BCUT2D eigenvalue weighted by Crippen LogP contribution is 2.44. The summed E-state index contributed by atoms with van der Waals surface area (Å²) in [5.74, 6) is 0.784. The van der Waals surface area contributed by atoms with Crippen molar-refractivity contribution in [2.75, 3.05) is 18.4 Å². The fourth-order valence-electron chi connectivity index (χ4n) is 5.17. The maximum atomic E-state index is 13.8.